The highest BCUT2D eigenvalue weighted by atomic mass is 19.4. The molecule has 0 aliphatic carbocycles. The molecule has 0 atom stereocenters. The van der Waals surface area contributed by atoms with Crippen LogP contribution in [0.15, 0.2) is 70.8 Å². The fourth-order valence-corrected chi connectivity index (χ4v) is 2.94. The zero-order valence-electron chi connectivity index (χ0n) is 18.7. The summed E-state index contributed by atoms with van der Waals surface area (Å²) in [7, 11) is 0. The van der Waals surface area contributed by atoms with E-state index in [2.05, 4.69) is 30.3 Å². The number of nitrogens with one attached hydrogen (secondary N) is 2. The Balaban J connectivity index is 1.75. The van der Waals surface area contributed by atoms with Gasteiger partial charge >= 0.3 is 12.7 Å². The fourth-order valence-electron chi connectivity index (χ4n) is 2.94. The van der Waals surface area contributed by atoms with Crippen molar-refractivity contribution in [2.75, 3.05) is 13.1 Å². The number of alkyl halides is 6. The number of halogens is 6. The molecule has 3 rings (SSSR count). The quantitative estimate of drug-likeness (QED) is 0.276. The van der Waals surface area contributed by atoms with Crippen LogP contribution in [0.25, 0.3) is 12.2 Å². The van der Waals surface area contributed by atoms with Crippen LogP contribution in [0.5, 0.6) is 11.5 Å². The Bertz CT molecular complexity index is 1030. The van der Waals surface area contributed by atoms with E-state index in [-0.39, 0.29) is 11.5 Å². The van der Waals surface area contributed by atoms with Crippen LogP contribution in [-0.2, 0) is 0 Å². The molecule has 6 nitrogen and oxygen atoms in total. The molecule has 0 radical (unpaired) electrons. The number of rotatable bonds is 7. The van der Waals surface area contributed by atoms with Crippen LogP contribution < -0.4 is 20.2 Å². The van der Waals surface area contributed by atoms with E-state index in [1.165, 1.54) is 48.5 Å². The highest BCUT2D eigenvalue weighted by Gasteiger charge is 2.31. The van der Waals surface area contributed by atoms with E-state index >= 15 is 0 Å². The first-order valence-electron chi connectivity index (χ1n) is 10.8. The molecule has 0 saturated heterocycles. The molecule has 1 aliphatic rings. The lowest BCUT2D eigenvalue weighted by molar-refractivity contribution is -0.275. The molecule has 1 heterocycles. The van der Waals surface area contributed by atoms with Gasteiger partial charge in [0, 0.05) is 13.1 Å². The van der Waals surface area contributed by atoms with Crippen molar-refractivity contribution in [3.8, 4) is 11.5 Å². The highest BCUT2D eigenvalue weighted by Crippen LogP contribution is 2.24. The van der Waals surface area contributed by atoms with Crippen LogP contribution in [0, 0.1) is 0 Å². The molecule has 0 saturated carbocycles. The summed E-state index contributed by atoms with van der Waals surface area (Å²) in [6.45, 7) is 1.38. The summed E-state index contributed by atoms with van der Waals surface area (Å²) >= 11 is 0. The fraction of sp³-hybridized carbons (Fsp3) is 0.250. The molecular formula is C24H22F6N4O2. The van der Waals surface area contributed by atoms with Gasteiger partial charge in [-0.2, -0.15) is 5.10 Å². The van der Waals surface area contributed by atoms with Crippen molar-refractivity contribution >= 4 is 23.8 Å². The van der Waals surface area contributed by atoms with Crippen molar-refractivity contribution in [1.82, 2.24) is 10.7 Å². The maximum atomic E-state index is 12.3. The van der Waals surface area contributed by atoms with Gasteiger partial charge in [-0.3, -0.25) is 4.99 Å². The minimum atomic E-state index is -4.78. The number of hydrogen-bond donors (Lipinski definition) is 2. The summed E-state index contributed by atoms with van der Waals surface area (Å²) < 4.78 is 81.8. The van der Waals surface area contributed by atoms with E-state index in [0.717, 1.165) is 19.4 Å². The van der Waals surface area contributed by atoms with Gasteiger partial charge in [-0.15, -0.1) is 26.3 Å². The largest absolute Gasteiger partial charge is 0.573 e. The van der Waals surface area contributed by atoms with Crippen LogP contribution in [-0.4, -0.2) is 37.5 Å². The van der Waals surface area contributed by atoms with Crippen molar-refractivity contribution in [3.63, 3.8) is 0 Å². The molecule has 2 aromatic rings. The number of nitrogens with zero attached hydrogens (tertiary/aromatic N) is 2. The number of guanidine groups is 1. The van der Waals surface area contributed by atoms with Gasteiger partial charge in [0.25, 0.3) is 0 Å². The monoisotopic (exact) mass is 512 g/mol. The molecule has 0 fully saturated rings. The lowest BCUT2D eigenvalue weighted by Gasteiger charge is -2.08. The molecule has 36 heavy (non-hydrogen) atoms. The van der Waals surface area contributed by atoms with Crippen molar-refractivity contribution < 1.29 is 35.8 Å². The van der Waals surface area contributed by atoms with Crippen LogP contribution in [0.1, 0.15) is 24.0 Å². The van der Waals surface area contributed by atoms with E-state index < -0.39 is 12.7 Å². The number of ether oxygens (including phenoxy) is 2. The van der Waals surface area contributed by atoms with Crippen molar-refractivity contribution in [3.05, 3.63) is 71.8 Å². The third kappa shape index (κ3) is 10.1. The van der Waals surface area contributed by atoms with E-state index in [4.69, 9.17) is 0 Å². The summed E-state index contributed by atoms with van der Waals surface area (Å²) in [6, 6.07) is 10.5. The number of aliphatic imine (C=N–C) groups is 1. The van der Waals surface area contributed by atoms with Crippen LogP contribution in [0.3, 0.4) is 0 Å². The van der Waals surface area contributed by atoms with E-state index in [1.54, 1.807) is 24.3 Å². The van der Waals surface area contributed by atoms with E-state index in [0.29, 0.717) is 29.3 Å². The summed E-state index contributed by atoms with van der Waals surface area (Å²) in [5.41, 5.74) is 4.42. The molecular weight excluding hydrogens is 490 g/mol. The zero-order valence-corrected chi connectivity index (χ0v) is 18.7. The third-order valence-corrected chi connectivity index (χ3v) is 4.56. The zero-order chi connectivity index (χ0) is 26.0. The average molecular weight is 512 g/mol. The lowest BCUT2D eigenvalue weighted by Crippen LogP contribution is -2.34. The maximum Gasteiger partial charge on any atom is 0.573 e. The van der Waals surface area contributed by atoms with Gasteiger partial charge < -0.3 is 14.8 Å². The SMILES string of the molecule is FC(F)(F)Oc1ccc(C=CC(C=Cc2ccc(OC(F)(F)F)cc2)=NNC2=NCCCCN2)cc1. The summed E-state index contributed by atoms with van der Waals surface area (Å²) in [6.07, 6.45) is -1.17. The lowest BCUT2D eigenvalue weighted by atomic mass is 10.1. The molecule has 192 valence electrons. The van der Waals surface area contributed by atoms with Gasteiger partial charge in [-0.05, 0) is 60.4 Å². The van der Waals surface area contributed by atoms with Crippen molar-refractivity contribution in [1.29, 1.82) is 0 Å². The first kappa shape index (κ1) is 26.6. The smallest absolute Gasteiger partial charge is 0.406 e. The third-order valence-electron chi connectivity index (χ3n) is 4.56. The minimum absolute atomic E-state index is 0.342. The molecule has 0 amide bonds. The Morgan fingerprint density at radius 2 is 1.31 bits per heavy atom. The second kappa shape index (κ2) is 12.1. The first-order chi connectivity index (χ1) is 17.1. The Labute approximate surface area is 203 Å². The predicted molar refractivity (Wildman–Crippen MR) is 124 cm³/mol. The Hall–Kier alpha value is -3.96. The molecule has 1 aliphatic heterocycles. The first-order valence-corrected chi connectivity index (χ1v) is 10.8. The van der Waals surface area contributed by atoms with Gasteiger partial charge in [0.2, 0.25) is 5.96 Å². The second-order valence-electron chi connectivity index (χ2n) is 7.41. The van der Waals surface area contributed by atoms with Crippen LogP contribution in [0.4, 0.5) is 26.3 Å². The second-order valence-corrected chi connectivity index (χ2v) is 7.41. The normalized spacial score (nSPS) is 14.7. The topological polar surface area (TPSA) is 67.2 Å². The number of allylic oxidation sites excluding steroid dienone is 2. The number of benzene rings is 2. The van der Waals surface area contributed by atoms with Crippen molar-refractivity contribution in [2.24, 2.45) is 10.1 Å². The standard InChI is InChI=1S/C24H22F6N4O2/c25-23(26,27)35-20-11-5-17(6-12-20)3-9-19(33-34-22-31-15-1-2-16-32-22)10-4-18-7-13-21(14-8-18)36-24(28,29)30/h3-14H,1-2,15-16H2,(H2,31,32,34). The number of hydrogen-bond acceptors (Lipinski definition) is 6. The molecule has 2 N–H and O–H groups in total. The van der Waals surface area contributed by atoms with E-state index in [1.807, 2.05) is 0 Å². The molecule has 0 unspecified atom stereocenters. The summed E-state index contributed by atoms with van der Waals surface area (Å²) in [5.74, 6) is -0.190. The van der Waals surface area contributed by atoms with E-state index in [9.17, 15) is 26.3 Å². The molecule has 2 aromatic carbocycles. The van der Waals surface area contributed by atoms with Gasteiger partial charge in [0.15, 0.2) is 0 Å². The highest BCUT2D eigenvalue weighted by molar-refractivity contribution is 6.09. The average Bonchev–Trinajstić information content (AvgIpc) is 3.07. The molecule has 0 aromatic heterocycles. The van der Waals surface area contributed by atoms with Crippen molar-refractivity contribution in [2.45, 2.75) is 25.6 Å². The Morgan fingerprint density at radius 1 is 0.806 bits per heavy atom. The number of hydrazone groups is 1. The minimum Gasteiger partial charge on any atom is -0.406 e. The molecule has 12 heteroatoms. The Kier molecular flexibility index (Phi) is 8.98. The van der Waals surface area contributed by atoms with Gasteiger partial charge in [0.05, 0.1) is 5.71 Å². The maximum absolute atomic E-state index is 12.3. The Morgan fingerprint density at radius 3 is 1.78 bits per heavy atom. The van der Waals surface area contributed by atoms with Crippen LogP contribution in [0.2, 0.25) is 0 Å². The molecule has 0 spiro atoms. The van der Waals surface area contributed by atoms with Gasteiger partial charge in [0.1, 0.15) is 11.5 Å². The van der Waals surface area contributed by atoms with Crippen LogP contribution >= 0.6 is 0 Å². The predicted octanol–water partition coefficient (Wildman–Crippen LogP) is 5.90. The summed E-state index contributed by atoms with van der Waals surface area (Å²) in [4.78, 5) is 4.34. The van der Waals surface area contributed by atoms with Gasteiger partial charge in [-0.25, -0.2) is 5.43 Å². The summed E-state index contributed by atoms with van der Waals surface area (Å²) in [5, 5.41) is 7.41. The van der Waals surface area contributed by atoms with Gasteiger partial charge in [-0.1, -0.05) is 36.4 Å². The molecule has 0 bridgehead atoms.